The second-order valence-corrected chi connectivity index (χ2v) is 4.94. The summed E-state index contributed by atoms with van der Waals surface area (Å²) in [6.07, 6.45) is 1.36. The number of tetrazole rings is 1. The number of benzene rings is 2. The van der Waals surface area contributed by atoms with Gasteiger partial charge >= 0.3 is 5.97 Å². The molecular formula is C17H11FN6O2. The Morgan fingerprint density at radius 1 is 1.23 bits per heavy atom. The zero-order chi connectivity index (χ0) is 18.4. The van der Waals surface area contributed by atoms with Gasteiger partial charge in [-0.25, -0.2) is 9.18 Å². The number of anilines is 1. The number of esters is 1. The number of allylic oxidation sites excluding steroid dienone is 1. The Hall–Kier alpha value is -4.06. The number of para-hydroxylation sites is 1. The third-order valence-corrected chi connectivity index (χ3v) is 3.25. The maximum atomic E-state index is 12.9. The van der Waals surface area contributed by atoms with Crippen molar-refractivity contribution in [2.24, 2.45) is 0 Å². The van der Waals surface area contributed by atoms with Gasteiger partial charge in [0, 0.05) is 6.20 Å². The molecule has 0 atom stereocenters. The molecule has 0 aliphatic carbocycles. The Morgan fingerprint density at radius 2 is 2.00 bits per heavy atom. The third-order valence-electron chi connectivity index (χ3n) is 3.25. The first-order chi connectivity index (χ1) is 12.7. The largest absolute Gasteiger partial charge is 0.423 e. The summed E-state index contributed by atoms with van der Waals surface area (Å²) in [5.74, 6) is -0.730. The molecule has 1 aromatic heterocycles. The van der Waals surface area contributed by atoms with E-state index in [1.54, 1.807) is 24.3 Å². The van der Waals surface area contributed by atoms with E-state index in [9.17, 15) is 9.18 Å². The number of carbonyl (C=O) groups is 1. The summed E-state index contributed by atoms with van der Waals surface area (Å²) in [5.41, 5.74) is 0.773. The van der Waals surface area contributed by atoms with Crippen molar-refractivity contribution in [2.75, 3.05) is 5.32 Å². The van der Waals surface area contributed by atoms with Crippen LogP contribution in [0.2, 0.25) is 0 Å². The smallest absolute Gasteiger partial charge is 0.345 e. The number of aromatic nitrogens is 4. The van der Waals surface area contributed by atoms with Gasteiger partial charge in [0.25, 0.3) is 0 Å². The quantitative estimate of drug-likeness (QED) is 0.412. The lowest BCUT2D eigenvalue weighted by Crippen LogP contribution is -2.11. The molecule has 3 aromatic rings. The summed E-state index contributed by atoms with van der Waals surface area (Å²) in [6.45, 7) is 0. The van der Waals surface area contributed by atoms with Crippen LogP contribution < -0.4 is 10.1 Å². The lowest BCUT2D eigenvalue weighted by molar-refractivity contribution is 0.0735. The number of aromatic amines is 1. The van der Waals surface area contributed by atoms with Crippen LogP contribution in [0, 0.1) is 17.1 Å². The number of halogens is 1. The van der Waals surface area contributed by atoms with Crippen LogP contribution in [-0.2, 0) is 0 Å². The van der Waals surface area contributed by atoms with Crippen molar-refractivity contribution in [1.82, 2.24) is 20.6 Å². The maximum absolute atomic E-state index is 12.9. The normalized spacial score (nSPS) is 10.8. The zero-order valence-electron chi connectivity index (χ0n) is 13.2. The average Bonchev–Trinajstić information content (AvgIpc) is 3.19. The van der Waals surface area contributed by atoms with E-state index in [2.05, 4.69) is 25.9 Å². The molecule has 2 aromatic carbocycles. The maximum Gasteiger partial charge on any atom is 0.345 e. The molecule has 0 unspecified atom stereocenters. The Kier molecular flexibility index (Phi) is 4.95. The molecule has 9 heteroatoms. The number of rotatable bonds is 5. The lowest BCUT2D eigenvalue weighted by atomic mass is 10.1. The first-order valence-electron chi connectivity index (χ1n) is 7.35. The van der Waals surface area contributed by atoms with Crippen LogP contribution in [0.15, 0.2) is 54.7 Å². The van der Waals surface area contributed by atoms with E-state index >= 15 is 0 Å². The van der Waals surface area contributed by atoms with E-state index in [4.69, 9.17) is 10.00 Å². The molecule has 1 heterocycles. The Balaban J connectivity index is 1.80. The van der Waals surface area contributed by atoms with E-state index in [1.165, 1.54) is 30.5 Å². The molecule has 0 bridgehead atoms. The molecule has 0 saturated heterocycles. The van der Waals surface area contributed by atoms with Crippen molar-refractivity contribution >= 4 is 17.2 Å². The van der Waals surface area contributed by atoms with E-state index < -0.39 is 11.8 Å². The number of carbonyl (C=O) groups excluding carboxylic acids is 1. The zero-order valence-corrected chi connectivity index (χ0v) is 13.2. The van der Waals surface area contributed by atoms with Gasteiger partial charge in [0.15, 0.2) is 0 Å². The van der Waals surface area contributed by atoms with Crippen LogP contribution in [0.5, 0.6) is 5.75 Å². The van der Waals surface area contributed by atoms with Gasteiger partial charge < -0.3 is 10.1 Å². The number of hydrogen-bond acceptors (Lipinski definition) is 7. The van der Waals surface area contributed by atoms with Crippen LogP contribution in [-0.4, -0.2) is 26.6 Å². The highest BCUT2D eigenvalue weighted by atomic mass is 19.1. The Morgan fingerprint density at radius 3 is 2.69 bits per heavy atom. The van der Waals surface area contributed by atoms with Gasteiger partial charge in [-0.15, -0.1) is 10.2 Å². The van der Waals surface area contributed by atoms with Gasteiger partial charge in [-0.2, -0.15) is 10.5 Å². The van der Waals surface area contributed by atoms with E-state index in [1.807, 2.05) is 6.07 Å². The molecule has 128 valence electrons. The predicted molar refractivity (Wildman–Crippen MR) is 89.2 cm³/mol. The molecule has 8 nitrogen and oxygen atoms in total. The summed E-state index contributed by atoms with van der Waals surface area (Å²) in [6, 6.07) is 13.6. The fourth-order valence-electron chi connectivity index (χ4n) is 2.02. The van der Waals surface area contributed by atoms with Gasteiger partial charge in [0.1, 0.15) is 23.2 Å². The van der Waals surface area contributed by atoms with Gasteiger partial charge in [-0.1, -0.05) is 12.1 Å². The molecule has 0 amide bonds. The number of nitriles is 1. The molecule has 0 saturated carbocycles. The van der Waals surface area contributed by atoms with Crippen LogP contribution in [0.3, 0.4) is 0 Å². The minimum atomic E-state index is -0.633. The monoisotopic (exact) mass is 350 g/mol. The average molecular weight is 350 g/mol. The number of H-pyrrole nitrogens is 1. The second kappa shape index (κ2) is 7.67. The fourth-order valence-corrected chi connectivity index (χ4v) is 2.02. The number of nitrogens with one attached hydrogen (secondary N) is 2. The highest BCUT2D eigenvalue weighted by Gasteiger charge is 2.14. The first-order valence-corrected chi connectivity index (χ1v) is 7.35. The number of nitrogens with zero attached hydrogens (tertiary/aromatic N) is 4. The van der Waals surface area contributed by atoms with Gasteiger partial charge in [0.2, 0.25) is 5.82 Å². The molecular weight excluding hydrogens is 339 g/mol. The Labute approximate surface area is 146 Å². The minimum Gasteiger partial charge on any atom is -0.423 e. The van der Waals surface area contributed by atoms with E-state index in [0.29, 0.717) is 5.69 Å². The minimum absolute atomic E-state index is 0.117. The van der Waals surface area contributed by atoms with Gasteiger partial charge in [0.05, 0.1) is 11.3 Å². The van der Waals surface area contributed by atoms with E-state index in [0.717, 1.165) is 0 Å². The third kappa shape index (κ3) is 3.88. The van der Waals surface area contributed by atoms with Crippen molar-refractivity contribution < 1.29 is 13.9 Å². The standard InChI is InChI=1S/C17H11FN6O2/c18-12-5-7-13(8-6-12)26-17(25)14-3-1-2-4-15(14)20-10-11(9-19)16-21-23-24-22-16/h1-8,10,20H,(H,21,22,23,24). The molecule has 0 radical (unpaired) electrons. The second-order valence-electron chi connectivity index (χ2n) is 4.94. The van der Waals surface area contributed by atoms with Crippen LogP contribution in [0.25, 0.3) is 5.57 Å². The summed E-state index contributed by atoms with van der Waals surface area (Å²) < 4.78 is 18.2. The van der Waals surface area contributed by atoms with Crippen molar-refractivity contribution in [2.45, 2.75) is 0 Å². The Bertz CT molecular complexity index is 977. The van der Waals surface area contributed by atoms with Crippen molar-refractivity contribution in [3.63, 3.8) is 0 Å². The molecule has 26 heavy (non-hydrogen) atoms. The summed E-state index contributed by atoms with van der Waals surface area (Å²) >= 11 is 0. The summed E-state index contributed by atoms with van der Waals surface area (Å²) in [4.78, 5) is 12.4. The molecule has 0 aliphatic rings. The molecule has 2 N–H and O–H groups in total. The van der Waals surface area contributed by atoms with Crippen LogP contribution >= 0.6 is 0 Å². The molecule has 0 fully saturated rings. The highest BCUT2D eigenvalue weighted by molar-refractivity contribution is 5.97. The molecule has 0 aliphatic heterocycles. The van der Waals surface area contributed by atoms with Gasteiger partial charge in [-0.3, -0.25) is 0 Å². The first kappa shape index (κ1) is 16.8. The van der Waals surface area contributed by atoms with Crippen LogP contribution in [0.4, 0.5) is 10.1 Å². The van der Waals surface area contributed by atoms with Crippen molar-refractivity contribution in [1.29, 1.82) is 5.26 Å². The van der Waals surface area contributed by atoms with Gasteiger partial charge in [-0.05, 0) is 41.6 Å². The fraction of sp³-hybridized carbons (Fsp3) is 0. The topological polar surface area (TPSA) is 117 Å². The number of ether oxygens (including phenoxy) is 1. The SMILES string of the molecule is N#CC(=CNc1ccccc1C(=O)Oc1ccc(F)cc1)c1nn[nH]n1. The van der Waals surface area contributed by atoms with Crippen molar-refractivity contribution in [3.8, 4) is 11.8 Å². The van der Waals surface area contributed by atoms with Crippen LogP contribution in [0.1, 0.15) is 16.2 Å². The van der Waals surface area contributed by atoms with Crippen molar-refractivity contribution in [3.05, 3.63) is 71.9 Å². The van der Waals surface area contributed by atoms with E-state index in [-0.39, 0.29) is 22.7 Å². The highest BCUT2D eigenvalue weighted by Crippen LogP contribution is 2.20. The molecule has 3 rings (SSSR count). The summed E-state index contributed by atoms with van der Waals surface area (Å²) in [5, 5.41) is 25.1. The lowest BCUT2D eigenvalue weighted by Gasteiger charge is -2.09. The molecule has 0 spiro atoms. The predicted octanol–water partition coefficient (Wildman–Crippen LogP) is 2.53. The number of hydrogen-bond donors (Lipinski definition) is 2. The summed E-state index contributed by atoms with van der Waals surface area (Å²) in [7, 11) is 0.